The Morgan fingerprint density at radius 3 is 1.50 bits per heavy atom. The summed E-state index contributed by atoms with van der Waals surface area (Å²) in [5.41, 5.74) is 0. The zero-order valence-electron chi connectivity index (χ0n) is 12.6. The van der Waals surface area contributed by atoms with E-state index in [2.05, 4.69) is 13.2 Å². The molecule has 0 spiro atoms. The van der Waals surface area contributed by atoms with Crippen LogP contribution in [0.4, 0.5) is 0 Å². The molecule has 0 bridgehead atoms. The van der Waals surface area contributed by atoms with E-state index in [1.54, 1.807) is 26.0 Å². The highest BCUT2D eigenvalue weighted by atomic mass is 16.5. The van der Waals surface area contributed by atoms with Gasteiger partial charge in [0.05, 0.1) is 25.0 Å². The van der Waals surface area contributed by atoms with Crippen molar-refractivity contribution in [2.75, 3.05) is 13.2 Å². The number of hydrogen-bond acceptors (Lipinski definition) is 4. The molecular formula is C16H26O4. The highest BCUT2D eigenvalue weighted by molar-refractivity contribution is 5.74. The average molecular weight is 282 g/mol. The fourth-order valence-corrected chi connectivity index (χ4v) is 1.99. The first-order valence-corrected chi connectivity index (χ1v) is 7.15. The summed E-state index contributed by atoms with van der Waals surface area (Å²) in [6.45, 7) is 11.6. The minimum absolute atomic E-state index is 0.228. The van der Waals surface area contributed by atoms with Gasteiger partial charge in [0.15, 0.2) is 0 Å². The minimum atomic E-state index is -0.241. The molecular weight excluding hydrogens is 256 g/mol. The van der Waals surface area contributed by atoms with Crippen molar-refractivity contribution in [1.82, 2.24) is 0 Å². The molecule has 0 N–H and O–H groups in total. The molecule has 0 saturated heterocycles. The van der Waals surface area contributed by atoms with Crippen molar-refractivity contribution in [3.05, 3.63) is 25.3 Å². The van der Waals surface area contributed by atoms with E-state index in [4.69, 9.17) is 9.47 Å². The summed E-state index contributed by atoms with van der Waals surface area (Å²) in [6.07, 6.45) is 5.69. The molecule has 0 aromatic rings. The van der Waals surface area contributed by atoms with Crippen LogP contribution in [-0.2, 0) is 19.1 Å². The second-order valence-electron chi connectivity index (χ2n) is 4.52. The van der Waals surface area contributed by atoms with E-state index in [0.717, 1.165) is 0 Å². The van der Waals surface area contributed by atoms with Crippen molar-refractivity contribution in [1.29, 1.82) is 0 Å². The summed E-state index contributed by atoms with van der Waals surface area (Å²) < 4.78 is 10.1. The number of allylic oxidation sites excluding steroid dienone is 2. The Bertz CT molecular complexity index is 290. The third-order valence-electron chi connectivity index (χ3n) is 3.01. The minimum Gasteiger partial charge on any atom is -0.466 e. The van der Waals surface area contributed by atoms with Crippen LogP contribution < -0.4 is 0 Å². The van der Waals surface area contributed by atoms with Gasteiger partial charge in [0.2, 0.25) is 0 Å². The summed E-state index contributed by atoms with van der Waals surface area (Å²) >= 11 is 0. The van der Waals surface area contributed by atoms with Crippen LogP contribution in [0, 0.1) is 11.8 Å². The molecule has 2 atom stereocenters. The van der Waals surface area contributed by atoms with Crippen LogP contribution in [0.2, 0.25) is 0 Å². The topological polar surface area (TPSA) is 52.6 Å². The molecule has 0 aliphatic carbocycles. The molecule has 4 heteroatoms. The normalized spacial score (nSPS) is 13.1. The van der Waals surface area contributed by atoms with Gasteiger partial charge >= 0.3 is 11.9 Å². The lowest BCUT2D eigenvalue weighted by molar-refractivity contribution is -0.151. The highest BCUT2D eigenvalue weighted by Crippen LogP contribution is 2.21. The van der Waals surface area contributed by atoms with Gasteiger partial charge < -0.3 is 9.47 Å². The summed E-state index contributed by atoms with van der Waals surface area (Å²) in [7, 11) is 0. The quantitative estimate of drug-likeness (QED) is 0.431. The smallest absolute Gasteiger partial charge is 0.309 e. The van der Waals surface area contributed by atoms with Gasteiger partial charge in [-0.05, 0) is 39.5 Å². The molecule has 0 amide bonds. The Hall–Kier alpha value is -1.58. The Morgan fingerprint density at radius 2 is 1.25 bits per heavy atom. The van der Waals surface area contributed by atoms with E-state index in [-0.39, 0.29) is 23.8 Å². The third kappa shape index (κ3) is 7.12. The number of esters is 2. The largest absolute Gasteiger partial charge is 0.466 e. The van der Waals surface area contributed by atoms with Crippen molar-refractivity contribution in [2.24, 2.45) is 11.8 Å². The van der Waals surface area contributed by atoms with Gasteiger partial charge in [-0.3, -0.25) is 9.59 Å². The van der Waals surface area contributed by atoms with Crippen LogP contribution in [0.3, 0.4) is 0 Å². The first kappa shape index (κ1) is 18.4. The monoisotopic (exact) mass is 282 g/mol. The zero-order chi connectivity index (χ0) is 15.4. The molecule has 0 radical (unpaired) electrons. The van der Waals surface area contributed by atoms with E-state index in [1.807, 2.05) is 0 Å². The Morgan fingerprint density at radius 1 is 0.900 bits per heavy atom. The highest BCUT2D eigenvalue weighted by Gasteiger charge is 2.23. The Labute approximate surface area is 121 Å². The first-order valence-electron chi connectivity index (χ1n) is 7.15. The van der Waals surface area contributed by atoms with Gasteiger partial charge in [-0.2, -0.15) is 0 Å². The van der Waals surface area contributed by atoms with Gasteiger partial charge in [-0.1, -0.05) is 12.2 Å². The predicted octanol–water partition coefficient (Wildman–Crippen LogP) is 3.28. The van der Waals surface area contributed by atoms with E-state index >= 15 is 0 Å². The van der Waals surface area contributed by atoms with Crippen molar-refractivity contribution >= 4 is 11.9 Å². The Balaban J connectivity index is 4.52. The van der Waals surface area contributed by atoms with E-state index in [1.165, 1.54) is 0 Å². The number of hydrogen-bond donors (Lipinski definition) is 0. The molecule has 0 heterocycles. The summed E-state index contributed by atoms with van der Waals surface area (Å²) in [6, 6.07) is 0. The Kier molecular flexibility index (Phi) is 10.4. The summed E-state index contributed by atoms with van der Waals surface area (Å²) in [5.74, 6) is -0.939. The average Bonchev–Trinajstić information content (AvgIpc) is 2.42. The maximum Gasteiger partial charge on any atom is 0.309 e. The molecule has 114 valence electrons. The molecule has 0 aliphatic rings. The first-order chi connectivity index (χ1) is 9.60. The SMILES string of the molecule is C=CCC(CCC(CC=C)C(=O)OCC)C(=O)OCC. The summed E-state index contributed by atoms with van der Waals surface area (Å²) in [5, 5.41) is 0. The van der Waals surface area contributed by atoms with Crippen LogP contribution in [0.5, 0.6) is 0 Å². The summed E-state index contributed by atoms with van der Waals surface area (Å²) in [4.78, 5) is 23.6. The van der Waals surface area contributed by atoms with Gasteiger partial charge in [-0.25, -0.2) is 0 Å². The second-order valence-corrected chi connectivity index (χ2v) is 4.52. The molecule has 0 fully saturated rings. The molecule has 20 heavy (non-hydrogen) atoms. The maximum absolute atomic E-state index is 11.8. The fourth-order valence-electron chi connectivity index (χ4n) is 1.99. The maximum atomic E-state index is 11.8. The molecule has 0 rings (SSSR count). The number of carbonyl (C=O) groups excluding carboxylic acids is 2. The number of ether oxygens (including phenoxy) is 2. The lowest BCUT2D eigenvalue weighted by Gasteiger charge is -2.17. The molecule has 0 saturated carbocycles. The van der Waals surface area contributed by atoms with Crippen molar-refractivity contribution in [3.8, 4) is 0 Å². The number of carbonyl (C=O) groups is 2. The molecule has 0 aliphatic heterocycles. The standard InChI is InChI=1S/C16H26O4/c1-5-9-13(15(17)19-7-3)11-12-14(10-6-2)16(18)20-8-4/h5-6,13-14H,1-2,7-12H2,3-4H3. The number of rotatable bonds is 11. The molecule has 0 aromatic carbocycles. The third-order valence-corrected chi connectivity index (χ3v) is 3.01. The van der Waals surface area contributed by atoms with E-state index in [9.17, 15) is 9.59 Å². The van der Waals surface area contributed by atoms with Crippen molar-refractivity contribution in [3.63, 3.8) is 0 Å². The van der Waals surface area contributed by atoms with Gasteiger partial charge in [-0.15, -0.1) is 13.2 Å². The molecule has 2 unspecified atom stereocenters. The predicted molar refractivity (Wildman–Crippen MR) is 79.1 cm³/mol. The van der Waals surface area contributed by atoms with Crippen molar-refractivity contribution < 1.29 is 19.1 Å². The van der Waals surface area contributed by atoms with Crippen LogP contribution >= 0.6 is 0 Å². The van der Waals surface area contributed by atoms with Crippen LogP contribution in [0.15, 0.2) is 25.3 Å². The fraction of sp³-hybridized carbons (Fsp3) is 0.625. The lowest BCUT2D eigenvalue weighted by atomic mass is 9.91. The zero-order valence-corrected chi connectivity index (χ0v) is 12.6. The van der Waals surface area contributed by atoms with E-state index < -0.39 is 0 Å². The van der Waals surface area contributed by atoms with Crippen LogP contribution in [0.1, 0.15) is 39.5 Å². The van der Waals surface area contributed by atoms with E-state index in [0.29, 0.717) is 38.9 Å². The van der Waals surface area contributed by atoms with Crippen LogP contribution in [0.25, 0.3) is 0 Å². The van der Waals surface area contributed by atoms with Crippen molar-refractivity contribution in [2.45, 2.75) is 39.5 Å². The van der Waals surface area contributed by atoms with Crippen LogP contribution in [-0.4, -0.2) is 25.2 Å². The lowest BCUT2D eigenvalue weighted by Crippen LogP contribution is -2.22. The van der Waals surface area contributed by atoms with Gasteiger partial charge in [0.1, 0.15) is 0 Å². The van der Waals surface area contributed by atoms with Gasteiger partial charge in [0.25, 0.3) is 0 Å². The van der Waals surface area contributed by atoms with Gasteiger partial charge in [0, 0.05) is 0 Å². The molecule has 4 nitrogen and oxygen atoms in total. The second kappa shape index (κ2) is 11.3. The molecule has 0 aromatic heterocycles.